The van der Waals surface area contributed by atoms with E-state index in [0.29, 0.717) is 30.3 Å². The van der Waals surface area contributed by atoms with Crippen molar-refractivity contribution in [3.63, 3.8) is 0 Å². The second-order valence-corrected chi connectivity index (χ2v) is 6.14. The minimum atomic E-state index is -1.34. The lowest BCUT2D eigenvalue weighted by Gasteiger charge is -2.32. The van der Waals surface area contributed by atoms with E-state index < -0.39 is 5.79 Å². The number of hydrogen-bond acceptors (Lipinski definition) is 3. The first-order chi connectivity index (χ1) is 11.2. The Morgan fingerprint density at radius 2 is 1.83 bits per heavy atom. The van der Waals surface area contributed by atoms with E-state index in [1.807, 2.05) is 36.4 Å². The molecule has 2 aliphatic rings. The molecule has 0 bridgehead atoms. The van der Waals surface area contributed by atoms with E-state index in [1.54, 1.807) is 17.0 Å². The molecule has 2 aliphatic heterocycles. The molecule has 1 spiro atoms. The number of fused-ring (bicyclic) bond motifs is 2. The average Bonchev–Trinajstić information content (AvgIpc) is 2.79. The second kappa shape index (κ2) is 5.64. The van der Waals surface area contributed by atoms with Crippen LogP contribution in [0.25, 0.3) is 0 Å². The van der Waals surface area contributed by atoms with Crippen LogP contribution in [-0.4, -0.2) is 19.1 Å². The van der Waals surface area contributed by atoms with E-state index in [4.69, 9.17) is 21.1 Å². The zero-order valence-electron chi connectivity index (χ0n) is 12.5. The monoisotopic (exact) mass is 329 g/mol. The van der Waals surface area contributed by atoms with Crippen LogP contribution in [0.15, 0.2) is 48.5 Å². The predicted molar refractivity (Wildman–Crippen MR) is 87.3 cm³/mol. The number of hydrogen-bond donors (Lipinski definition) is 0. The highest BCUT2D eigenvalue weighted by Gasteiger charge is 2.54. The van der Waals surface area contributed by atoms with Crippen LogP contribution in [0.1, 0.15) is 17.5 Å². The van der Waals surface area contributed by atoms with Gasteiger partial charge < -0.3 is 14.4 Å². The van der Waals surface area contributed by atoms with E-state index in [-0.39, 0.29) is 5.91 Å². The van der Waals surface area contributed by atoms with Crippen molar-refractivity contribution in [2.45, 2.75) is 18.8 Å². The van der Waals surface area contributed by atoms with Crippen molar-refractivity contribution in [2.24, 2.45) is 0 Å². The summed E-state index contributed by atoms with van der Waals surface area (Å²) >= 11 is 6.14. The Hall–Kier alpha value is -1.88. The number of halogens is 1. The first kappa shape index (κ1) is 14.7. The van der Waals surface area contributed by atoms with E-state index >= 15 is 0 Å². The molecule has 0 aliphatic carbocycles. The minimum absolute atomic E-state index is 0.182. The molecule has 2 heterocycles. The summed E-state index contributed by atoms with van der Waals surface area (Å²) in [5.74, 6) is -1.52. The third kappa shape index (κ3) is 2.34. The summed E-state index contributed by atoms with van der Waals surface area (Å²) in [6.45, 7) is 1.47. The summed E-state index contributed by atoms with van der Waals surface area (Å²) < 4.78 is 11.6. The minimum Gasteiger partial charge on any atom is -0.338 e. The molecule has 2 aromatic carbocycles. The zero-order valence-corrected chi connectivity index (χ0v) is 13.3. The summed E-state index contributed by atoms with van der Waals surface area (Å²) in [6.07, 6.45) is 0.781. The van der Waals surface area contributed by atoms with Crippen LogP contribution < -0.4 is 4.90 Å². The standard InChI is InChI=1S/C18H16ClNO3/c19-14-7-8-16-15(11-14)18(22-9-4-10-23-18)17(21)20(16)12-13-5-2-1-3-6-13/h1-3,5-8,11H,4,9-10,12H2. The molecule has 5 heteroatoms. The Morgan fingerprint density at radius 3 is 2.57 bits per heavy atom. The number of anilines is 1. The fourth-order valence-corrected chi connectivity index (χ4v) is 3.32. The summed E-state index contributed by atoms with van der Waals surface area (Å²) in [4.78, 5) is 14.8. The molecule has 4 nitrogen and oxygen atoms in total. The lowest BCUT2D eigenvalue weighted by atomic mass is 10.1. The maximum atomic E-state index is 13.1. The zero-order chi connectivity index (χ0) is 15.9. The molecule has 23 heavy (non-hydrogen) atoms. The highest BCUT2D eigenvalue weighted by Crippen LogP contribution is 2.46. The molecule has 4 rings (SSSR count). The normalized spacial score (nSPS) is 19.2. The van der Waals surface area contributed by atoms with Crippen LogP contribution in [0.3, 0.4) is 0 Å². The molecule has 0 atom stereocenters. The Kier molecular flexibility index (Phi) is 3.60. The summed E-state index contributed by atoms with van der Waals surface area (Å²) in [5.41, 5.74) is 2.55. The molecule has 118 valence electrons. The van der Waals surface area contributed by atoms with Gasteiger partial charge in [-0.15, -0.1) is 0 Å². The third-order valence-electron chi connectivity index (χ3n) is 4.21. The van der Waals surface area contributed by atoms with Crippen molar-refractivity contribution in [2.75, 3.05) is 18.1 Å². The van der Waals surface area contributed by atoms with Crippen LogP contribution in [0.2, 0.25) is 5.02 Å². The number of ether oxygens (including phenoxy) is 2. The maximum Gasteiger partial charge on any atom is 0.292 e. The van der Waals surface area contributed by atoms with Crippen molar-refractivity contribution < 1.29 is 14.3 Å². The van der Waals surface area contributed by atoms with Gasteiger partial charge in [0, 0.05) is 10.6 Å². The van der Waals surface area contributed by atoms with Gasteiger partial charge in [-0.2, -0.15) is 0 Å². The maximum absolute atomic E-state index is 13.1. The van der Waals surface area contributed by atoms with Crippen LogP contribution in [0.4, 0.5) is 5.69 Å². The summed E-state index contributed by atoms with van der Waals surface area (Å²) in [6, 6.07) is 15.3. The lowest BCUT2D eigenvalue weighted by Crippen LogP contribution is -2.47. The van der Waals surface area contributed by atoms with E-state index in [0.717, 1.165) is 17.7 Å². The topological polar surface area (TPSA) is 38.8 Å². The van der Waals surface area contributed by atoms with E-state index in [2.05, 4.69) is 0 Å². The van der Waals surface area contributed by atoms with Crippen molar-refractivity contribution in [1.82, 2.24) is 0 Å². The van der Waals surface area contributed by atoms with Crippen molar-refractivity contribution >= 4 is 23.2 Å². The number of carbonyl (C=O) groups is 1. The van der Waals surface area contributed by atoms with Crippen LogP contribution in [0.5, 0.6) is 0 Å². The Morgan fingerprint density at radius 1 is 1.09 bits per heavy atom. The summed E-state index contributed by atoms with van der Waals surface area (Å²) in [5, 5.41) is 0.565. The lowest BCUT2D eigenvalue weighted by molar-refractivity contribution is -0.256. The van der Waals surface area contributed by atoms with Crippen molar-refractivity contribution in [3.8, 4) is 0 Å². The van der Waals surface area contributed by atoms with Gasteiger partial charge in [0.2, 0.25) is 0 Å². The molecular weight excluding hydrogens is 314 g/mol. The summed E-state index contributed by atoms with van der Waals surface area (Å²) in [7, 11) is 0. The number of amides is 1. The van der Waals surface area contributed by atoms with Crippen LogP contribution in [0, 0.1) is 0 Å². The first-order valence-corrected chi connectivity index (χ1v) is 8.02. The third-order valence-corrected chi connectivity index (χ3v) is 4.45. The van der Waals surface area contributed by atoms with E-state index in [9.17, 15) is 4.79 Å². The van der Waals surface area contributed by atoms with Crippen LogP contribution >= 0.6 is 11.6 Å². The first-order valence-electron chi connectivity index (χ1n) is 7.64. The quantitative estimate of drug-likeness (QED) is 0.846. The molecular formula is C18H16ClNO3. The molecule has 0 radical (unpaired) electrons. The Bertz CT molecular complexity index is 741. The van der Waals surface area contributed by atoms with Crippen molar-refractivity contribution in [1.29, 1.82) is 0 Å². The molecule has 0 unspecified atom stereocenters. The smallest absolute Gasteiger partial charge is 0.292 e. The van der Waals surface area contributed by atoms with Gasteiger partial charge in [-0.05, 0) is 30.2 Å². The molecule has 2 aromatic rings. The van der Waals surface area contributed by atoms with Crippen molar-refractivity contribution in [3.05, 3.63) is 64.7 Å². The Labute approximate surface area is 139 Å². The molecule has 1 amide bonds. The number of rotatable bonds is 2. The highest BCUT2D eigenvalue weighted by molar-refractivity contribution is 6.31. The van der Waals surface area contributed by atoms with Gasteiger partial charge in [0.05, 0.1) is 25.4 Å². The van der Waals surface area contributed by atoms with Gasteiger partial charge in [-0.1, -0.05) is 41.9 Å². The second-order valence-electron chi connectivity index (χ2n) is 5.71. The average molecular weight is 330 g/mol. The highest BCUT2D eigenvalue weighted by atomic mass is 35.5. The Balaban J connectivity index is 1.78. The fraction of sp³-hybridized carbons (Fsp3) is 0.278. The number of benzene rings is 2. The van der Waals surface area contributed by atoms with Gasteiger partial charge in [-0.3, -0.25) is 4.79 Å². The molecule has 0 N–H and O–H groups in total. The molecule has 0 saturated carbocycles. The van der Waals surface area contributed by atoms with Gasteiger partial charge in [0.25, 0.3) is 11.7 Å². The number of nitrogens with zero attached hydrogens (tertiary/aromatic N) is 1. The molecule has 1 saturated heterocycles. The largest absolute Gasteiger partial charge is 0.338 e. The predicted octanol–water partition coefficient (Wildman–Crippen LogP) is 3.48. The van der Waals surface area contributed by atoms with Gasteiger partial charge in [0.1, 0.15) is 0 Å². The fourth-order valence-electron chi connectivity index (χ4n) is 3.14. The van der Waals surface area contributed by atoms with Gasteiger partial charge in [-0.25, -0.2) is 0 Å². The molecule has 0 aromatic heterocycles. The molecule has 1 fully saturated rings. The van der Waals surface area contributed by atoms with Crippen LogP contribution in [-0.2, 0) is 26.6 Å². The van der Waals surface area contributed by atoms with Gasteiger partial charge in [0.15, 0.2) is 0 Å². The van der Waals surface area contributed by atoms with Gasteiger partial charge >= 0.3 is 0 Å². The number of carbonyl (C=O) groups excluding carboxylic acids is 1. The SMILES string of the molecule is O=C1N(Cc2ccccc2)c2ccc(Cl)cc2C12OCCCO2. The van der Waals surface area contributed by atoms with E-state index in [1.165, 1.54) is 0 Å².